The van der Waals surface area contributed by atoms with Crippen LogP contribution in [0.3, 0.4) is 0 Å². The predicted octanol–water partition coefficient (Wildman–Crippen LogP) is 0.633. The predicted molar refractivity (Wildman–Crippen MR) is 65.1 cm³/mol. The number of rotatable bonds is 5. The van der Waals surface area contributed by atoms with Gasteiger partial charge >= 0.3 is 0 Å². The summed E-state index contributed by atoms with van der Waals surface area (Å²) in [4.78, 5) is 2.55. The molecule has 16 heavy (non-hydrogen) atoms. The first-order chi connectivity index (χ1) is 7.79. The van der Waals surface area contributed by atoms with E-state index in [1.54, 1.807) is 0 Å². The summed E-state index contributed by atoms with van der Waals surface area (Å²) in [5.74, 6) is 0.830. The Morgan fingerprint density at radius 2 is 2.44 bits per heavy atom. The summed E-state index contributed by atoms with van der Waals surface area (Å²) in [7, 11) is 2.01. The molecule has 0 bridgehead atoms. The molecule has 2 N–H and O–H groups in total. The molecular weight excluding hydrogens is 200 g/mol. The van der Waals surface area contributed by atoms with Crippen molar-refractivity contribution in [1.29, 1.82) is 0 Å². The zero-order chi connectivity index (χ0) is 11.4. The Morgan fingerprint density at radius 3 is 3.12 bits per heavy atom. The Hall–Kier alpha value is -0.870. The lowest BCUT2D eigenvalue weighted by Gasteiger charge is -2.15. The average molecular weight is 222 g/mol. The lowest BCUT2D eigenvalue weighted by Crippen LogP contribution is -2.24. The molecule has 1 atom stereocenters. The normalized spacial score (nSPS) is 21.8. The van der Waals surface area contributed by atoms with Crippen molar-refractivity contribution < 1.29 is 0 Å². The molecule has 1 aliphatic heterocycles. The van der Waals surface area contributed by atoms with Crippen molar-refractivity contribution in [3.63, 3.8) is 0 Å². The van der Waals surface area contributed by atoms with Crippen LogP contribution in [-0.4, -0.2) is 40.9 Å². The van der Waals surface area contributed by atoms with Gasteiger partial charge in [-0.1, -0.05) is 0 Å². The van der Waals surface area contributed by atoms with Crippen LogP contribution in [0.1, 0.15) is 18.5 Å². The summed E-state index contributed by atoms with van der Waals surface area (Å²) in [6, 6.07) is 2.10. The highest BCUT2D eigenvalue weighted by Gasteiger charge is 2.21. The zero-order valence-electron chi connectivity index (χ0n) is 10.1. The van der Waals surface area contributed by atoms with Crippen LogP contribution in [-0.2, 0) is 13.5 Å². The zero-order valence-corrected chi connectivity index (χ0v) is 10.1. The summed E-state index contributed by atoms with van der Waals surface area (Å²) in [6.45, 7) is 4.46. The summed E-state index contributed by atoms with van der Waals surface area (Å²) < 4.78 is 1.97. The van der Waals surface area contributed by atoms with Crippen LogP contribution in [0.25, 0.3) is 0 Å². The van der Waals surface area contributed by atoms with E-state index in [-0.39, 0.29) is 0 Å². The standard InChI is InChI=1S/C12H22N4/c1-15-12(3-7-14-15)5-9-16-8-4-11(10-16)2-6-13/h3,7,11H,2,4-6,8-10,13H2,1H3. The van der Waals surface area contributed by atoms with Gasteiger partial charge in [0.25, 0.3) is 0 Å². The maximum absolute atomic E-state index is 5.59. The second-order valence-electron chi connectivity index (χ2n) is 4.73. The van der Waals surface area contributed by atoms with Gasteiger partial charge in [-0.05, 0) is 37.9 Å². The number of hydrogen-bond acceptors (Lipinski definition) is 3. The fourth-order valence-corrected chi connectivity index (χ4v) is 2.51. The van der Waals surface area contributed by atoms with Gasteiger partial charge < -0.3 is 10.6 Å². The fourth-order valence-electron chi connectivity index (χ4n) is 2.51. The molecule has 0 saturated carbocycles. The first kappa shape index (κ1) is 11.6. The van der Waals surface area contributed by atoms with E-state index in [1.165, 1.54) is 31.6 Å². The van der Waals surface area contributed by atoms with E-state index in [0.29, 0.717) is 0 Å². The number of nitrogens with zero attached hydrogens (tertiary/aromatic N) is 3. The molecule has 1 unspecified atom stereocenters. The van der Waals surface area contributed by atoms with Crippen molar-refractivity contribution in [2.75, 3.05) is 26.2 Å². The molecule has 1 aromatic rings. The van der Waals surface area contributed by atoms with Crippen molar-refractivity contribution in [2.45, 2.75) is 19.3 Å². The maximum Gasteiger partial charge on any atom is 0.0492 e. The number of hydrogen-bond donors (Lipinski definition) is 1. The van der Waals surface area contributed by atoms with Crippen LogP contribution < -0.4 is 5.73 Å². The van der Waals surface area contributed by atoms with Gasteiger partial charge in [-0.15, -0.1) is 0 Å². The maximum atomic E-state index is 5.59. The molecule has 0 amide bonds. The Bertz CT molecular complexity index is 321. The molecule has 0 spiro atoms. The SMILES string of the molecule is Cn1nccc1CCN1CCC(CCN)C1. The smallest absolute Gasteiger partial charge is 0.0492 e. The van der Waals surface area contributed by atoms with Crippen LogP contribution in [0.15, 0.2) is 12.3 Å². The van der Waals surface area contributed by atoms with Crippen molar-refractivity contribution in [3.8, 4) is 0 Å². The van der Waals surface area contributed by atoms with E-state index in [4.69, 9.17) is 5.73 Å². The van der Waals surface area contributed by atoms with Crippen molar-refractivity contribution in [1.82, 2.24) is 14.7 Å². The third-order valence-corrected chi connectivity index (χ3v) is 3.55. The lowest BCUT2D eigenvalue weighted by molar-refractivity contribution is 0.323. The van der Waals surface area contributed by atoms with Gasteiger partial charge in [-0.3, -0.25) is 4.68 Å². The van der Waals surface area contributed by atoms with Crippen molar-refractivity contribution in [2.24, 2.45) is 18.7 Å². The van der Waals surface area contributed by atoms with E-state index in [2.05, 4.69) is 16.1 Å². The van der Waals surface area contributed by atoms with Crippen molar-refractivity contribution in [3.05, 3.63) is 18.0 Å². The van der Waals surface area contributed by atoms with Gasteiger partial charge in [0.15, 0.2) is 0 Å². The molecule has 1 fully saturated rings. The highest BCUT2D eigenvalue weighted by atomic mass is 15.3. The highest BCUT2D eigenvalue weighted by Crippen LogP contribution is 2.18. The van der Waals surface area contributed by atoms with Crippen molar-refractivity contribution >= 4 is 0 Å². The van der Waals surface area contributed by atoms with E-state index in [1.807, 2.05) is 17.9 Å². The van der Waals surface area contributed by atoms with E-state index >= 15 is 0 Å². The molecule has 2 heterocycles. The molecule has 1 aromatic heterocycles. The summed E-state index contributed by atoms with van der Waals surface area (Å²) >= 11 is 0. The number of aryl methyl sites for hydroxylation is 1. The molecule has 0 aromatic carbocycles. The van der Waals surface area contributed by atoms with Gasteiger partial charge in [0.1, 0.15) is 0 Å². The van der Waals surface area contributed by atoms with Crippen LogP contribution >= 0.6 is 0 Å². The Labute approximate surface area is 97.4 Å². The Balaban J connectivity index is 1.74. The third kappa shape index (κ3) is 2.83. The fraction of sp³-hybridized carbons (Fsp3) is 0.750. The van der Waals surface area contributed by atoms with Crippen LogP contribution in [0.5, 0.6) is 0 Å². The molecule has 1 aliphatic rings. The van der Waals surface area contributed by atoms with Gasteiger partial charge in [0.05, 0.1) is 0 Å². The minimum Gasteiger partial charge on any atom is -0.330 e. The van der Waals surface area contributed by atoms with Crippen LogP contribution in [0.2, 0.25) is 0 Å². The third-order valence-electron chi connectivity index (χ3n) is 3.55. The molecule has 90 valence electrons. The van der Waals surface area contributed by atoms with Gasteiger partial charge in [0.2, 0.25) is 0 Å². The molecule has 1 saturated heterocycles. The monoisotopic (exact) mass is 222 g/mol. The lowest BCUT2D eigenvalue weighted by atomic mass is 10.1. The number of likely N-dealkylation sites (tertiary alicyclic amines) is 1. The van der Waals surface area contributed by atoms with E-state index < -0.39 is 0 Å². The molecule has 0 radical (unpaired) electrons. The summed E-state index contributed by atoms with van der Waals surface area (Å²) in [5, 5.41) is 4.19. The summed E-state index contributed by atoms with van der Waals surface area (Å²) in [5.41, 5.74) is 6.92. The summed E-state index contributed by atoms with van der Waals surface area (Å²) in [6.07, 6.45) is 5.48. The first-order valence-corrected chi connectivity index (χ1v) is 6.19. The second kappa shape index (κ2) is 5.46. The van der Waals surface area contributed by atoms with Gasteiger partial charge in [-0.25, -0.2) is 0 Å². The van der Waals surface area contributed by atoms with Crippen LogP contribution in [0, 0.1) is 5.92 Å². The topological polar surface area (TPSA) is 47.1 Å². The Morgan fingerprint density at radius 1 is 1.56 bits per heavy atom. The van der Waals surface area contributed by atoms with E-state index in [0.717, 1.165) is 25.4 Å². The largest absolute Gasteiger partial charge is 0.330 e. The molecule has 0 aliphatic carbocycles. The van der Waals surface area contributed by atoms with E-state index in [9.17, 15) is 0 Å². The first-order valence-electron chi connectivity index (χ1n) is 6.19. The average Bonchev–Trinajstić information content (AvgIpc) is 2.86. The minimum atomic E-state index is 0.830. The molecule has 4 nitrogen and oxygen atoms in total. The minimum absolute atomic E-state index is 0.830. The van der Waals surface area contributed by atoms with Gasteiger partial charge in [-0.2, -0.15) is 5.10 Å². The quantitative estimate of drug-likeness (QED) is 0.795. The molecule has 4 heteroatoms. The van der Waals surface area contributed by atoms with Crippen LogP contribution in [0.4, 0.5) is 0 Å². The number of nitrogens with two attached hydrogens (primary N) is 1. The second-order valence-corrected chi connectivity index (χ2v) is 4.73. The van der Waals surface area contributed by atoms with Gasteiger partial charge in [0, 0.05) is 38.4 Å². The molecular formula is C12H22N4. The Kier molecular flexibility index (Phi) is 3.96. The number of aromatic nitrogens is 2. The molecule has 2 rings (SSSR count). The highest BCUT2D eigenvalue weighted by molar-refractivity contribution is 5.00.